The van der Waals surface area contributed by atoms with Gasteiger partial charge < -0.3 is 15.5 Å². The van der Waals surface area contributed by atoms with Gasteiger partial charge in [-0.15, -0.1) is 0 Å². The zero-order valence-electron chi connectivity index (χ0n) is 14.0. The van der Waals surface area contributed by atoms with Crippen LogP contribution in [0, 0.1) is 5.41 Å². The van der Waals surface area contributed by atoms with Crippen LogP contribution < -0.4 is 10.6 Å². The van der Waals surface area contributed by atoms with Crippen LogP contribution in [-0.2, 0) is 0 Å². The van der Waals surface area contributed by atoms with Crippen molar-refractivity contribution < 1.29 is 13.2 Å². The quantitative estimate of drug-likeness (QED) is 0.772. The smallest absolute Gasteiger partial charge is 0.358 e. The first kappa shape index (κ1) is 19.5. The molecular formula is C15H28F3N3S. The number of nitrogens with zero attached hydrogens (tertiary/aromatic N) is 1. The van der Waals surface area contributed by atoms with Crippen LogP contribution in [0.1, 0.15) is 46.5 Å². The molecule has 130 valence electrons. The van der Waals surface area contributed by atoms with Gasteiger partial charge in [-0.1, -0.05) is 33.6 Å². The number of halogens is 3. The lowest BCUT2D eigenvalue weighted by atomic mass is 9.86. The average molecular weight is 339 g/mol. The largest absolute Gasteiger partial charge is 0.409 e. The van der Waals surface area contributed by atoms with Crippen molar-refractivity contribution in [3.8, 4) is 0 Å². The molecule has 2 N–H and O–H groups in total. The van der Waals surface area contributed by atoms with E-state index in [4.69, 9.17) is 12.2 Å². The van der Waals surface area contributed by atoms with Crippen LogP contribution in [0.5, 0.6) is 0 Å². The maximum Gasteiger partial charge on any atom is 0.409 e. The van der Waals surface area contributed by atoms with E-state index in [1.807, 2.05) is 14.1 Å². The molecule has 3 nitrogen and oxygen atoms in total. The minimum absolute atomic E-state index is 0.0935. The predicted octanol–water partition coefficient (Wildman–Crippen LogP) is 3.30. The third-order valence-electron chi connectivity index (χ3n) is 4.18. The van der Waals surface area contributed by atoms with Crippen LogP contribution >= 0.6 is 12.2 Å². The summed E-state index contributed by atoms with van der Waals surface area (Å²) in [5, 5.41) is 5.68. The van der Waals surface area contributed by atoms with E-state index in [9.17, 15) is 13.2 Å². The van der Waals surface area contributed by atoms with Gasteiger partial charge >= 0.3 is 6.18 Å². The molecule has 0 unspecified atom stereocenters. The second-order valence-electron chi connectivity index (χ2n) is 7.38. The normalized spacial score (nSPS) is 25.0. The van der Waals surface area contributed by atoms with Crippen molar-refractivity contribution in [1.29, 1.82) is 0 Å². The van der Waals surface area contributed by atoms with E-state index in [0.717, 1.165) is 25.7 Å². The van der Waals surface area contributed by atoms with Gasteiger partial charge in [-0.2, -0.15) is 13.2 Å². The Morgan fingerprint density at radius 2 is 1.68 bits per heavy atom. The fraction of sp³-hybridized carbons (Fsp3) is 0.933. The van der Waals surface area contributed by atoms with Crippen LogP contribution in [0.15, 0.2) is 0 Å². The molecule has 1 saturated carbocycles. The summed E-state index contributed by atoms with van der Waals surface area (Å²) in [7, 11) is 3.99. The first-order valence-corrected chi connectivity index (χ1v) is 8.14. The highest BCUT2D eigenvalue weighted by Crippen LogP contribution is 2.33. The van der Waals surface area contributed by atoms with Gasteiger partial charge in [0.1, 0.15) is 6.04 Å². The van der Waals surface area contributed by atoms with E-state index in [0.29, 0.717) is 6.04 Å². The van der Waals surface area contributed by atoms with Crippen LogP contribution in [0.25, 0.3) is 0 Å². The van der Waals surface area contributed by atoms with Gasteiger partial charge in [-0.05, 0) is 44.6 Å². The number of alkyl halides is 3. The number of rotatable bonds is 3. The van der Waals surface area contributed by atoms with Gasteiger partial charge in [0, 0.05) is 12.1 Å². The standard InChI is InChI=1S/C15H28F3N3S/c1-14(2,3)12(15(16,17)18)20-13(22)19-10-8-6-7-9-11(10)21(4)5/h10-12H,6-9H2,1-5H3,(H2,19,20,22)/t10-,11-,12-/m1/s1. The Labute approximate surface area is 137 Å². The molecule has 0 radical (unpaired) electrons. The molecule has 0 amide bonds. The molecule has 0 saturated heterocycles. The Kier molecular flexibility index (Phi) is 6.50. The molecule has 1 aliphatic carbocycles. The summed E-state index contributed by atoms with van der Waals surface area (Å²) in [5.74, 6) is 0. The van der Waals surface area contributed by atoms with Gasteiger partial charge in [0.05, 0.1) is 0 Å². The lowest BCUT2D eigenvalue weighted by Crippen LogP contribution is -2.59. The SMILES string of the molecule is CN(C)[C@@H]1CCCC[C@H]1NC(=S)N[C@H](C(C)(C)C)C(F)(F)F. The first-order chi connectivity index (χ1) is 9.93. The number of nitrogens with one attached hydrogen (secondary N) is 2. The molecule has 0 bridgehead atoms. The van der Waals surface area contributed by atoms with Crippen LogP contribution in [-0.4, -0.2) is 48.4 Å². The van der Waals surface area contributed by atoms with Crippen molar-refractivity contribution in [2.45, 2.75) is 70.8 Å². The molecule has 7 heteroatoms. The van der Waals surface area contributed by atoms with Crippen molar-refractivity contribution in [1.82, 2.24) is 15.5 Å². The van der Waals surface area contributed by atoms with Gasteiger partial charge in [0.25, 0.3) is 0 Å². The predicted molar refractivity (Wildman–Crippen MR) is 87.9 cm³/mol. The monoisotopic (exact) mass is 339 g/mol. The highest BCUT2D eigenvalue weighted by molar-refractivity contribution is 7.80. The molecule has 0 heterocycles. The summed E-state index contributed by atoms with van der Waals surface area (Å²) < 4.78 is 39.6. The van der Waals surface area contributed by atoms with Crippen molar-refractivity contribution in [2.75, 3.05) is 14.1 Å². The number of likely N-dealkylation sites (N-methyl/N-ethyl adjacent to an activating group) is 1. The van der Waals surface area contributed by atoms with Crippen molar-refractivity contribution in [2.24, 2.45) is 5.41 Å². The van der Waals surface area contributed by atoms with Gasteiger partial charge in [-0.3, -0.25) is 0 Å². The molecule has 1 rings (SSSR count). The third-order valence-corrected chi connectivity index (χ3v) is 4.41. The summed E-state index contributed by atoms with van der Waals surface area (Å²) in [6, 6.07) is -1.27. The molecule has 22 heavy (non-hydrogen) atoms. The average Bonchev–Trinajstić information content (AvgIpc) is 2.33. The zero-order valence-corrected chi connectivity index (χ0v) is 14.9. The van der Waals surface area contributed by atoms with Gasteiger partial charge in [0.15, 0.2) is 5.11 Å². The van der Waals surface area contributed by atoms with Crippen LogP contribution in [0.3, 0.4) is 0 Å². The van der Waals surface area contributed by atoms with Crippen molar-refractivity contribution in [3.05, 3.63) is 0 Å². The minimum Gasteiger partial charge on any atom is -0.358 e. The summed E-state index contributed by atoms with van der Waals surface area (Å²) >= 11 is 5.15. The zero-order chi connectivity index (χ0) is 17.1. The number of hydrogen-bond donors (Lipinski definition) is 2. The second-order valence-corrected chi connectivity index (χ2v) is 7.79. The fourth-order valence-electron chi connectivity index (χ4n) is 3.03. The highest BCUT2D eigenvalue weighted by Gasteiger charge is 2.47. The number of thiocarbonyl (C=S) groups is 1. The van der Waals surface area contributed by atoms with Gasteiger partial charge in [0.2, 0.25) is 0 Å². The molecular weight excluding hydrogens is 311 g/mol. The maximum absolute atomic E-state index is 13.2. The Morgan fingerprint density at radius 3 is 2.14 bits per heavy atom. The Morgan fingerprint density at radius 1 is 1.14 bits per heavy atom. The van der Waals surface area contributed by atoms with E-state index < -0.39 is 17.6 Å². The van der Waals surface area contributed by atoms with Crippen LogP contribution in [0.2, 0.25) is 0 Å². The molecule has 3 atom stereocenters. The third kappa shape index (κ3) is 5.57. The van der Waals surface area contributed by atoms with E-state index >= 15 is 0 Å². The summed E-state index contributed by atoms with van der Waals surface area (Å²) in [6.07, 6.45) is -0.148. The van der Waals surface area contributed by atoms with Crippen molar-refractivity contribution >= 4 is 17.3 Å². The molecule has 0 spiro atoms. The Hall–Kier alpha value is -0.560. The fourth-order valence-corrected chi connectivity index (χ4v) is 3.30. The molecule has 0 aromatic carbocycles. The van der Waals surface area contributed by atoms with E-state index in [-0.39, 0.29) is 11.2 Å². The van der Waals surface area contributed by atoms with E-state index in [1.54, 1.807) is 20.8 Å². The second kappa shape index (κ2) is 7.34. The molecule has 0 aromatic heterocycles. The van der Waals surface area contributed by atoms with Crippen LogP contribution in [0.4, 0.5) is 13.2 Å². The number of hydrogen-bond acceptors (Lipinski definition) is 2. The Balaban J connectivity index is 2.71. The lowest BCUT2D eigenvalue weighted by molar-refractivity contribution is -0.173. The highest BCUT2D eigenvalue weighted by atomic mass is 32.1. The lowest BCUT2D eigenvalue weighted by Gasteiger charge is -2.39. The minimum atomic E-state index is -4.34. The molecule has 1 aliphatic rings. The van der Waals surface area contributed by atoms with E-state index in [2.05, 4.69) is 15.5 Å². The maximum atomic E-state index is 13.2. The van der Waals surface area contributed by atoms with Crippen molar-refractivity contribution in [3.63, 3.8) is 0 Å². The van der Waals surface area contributed by atoms with Gasteiger partial charge in [-0.25, -0.2) is 0 Å². The molecule has 1 fully saturated rings. The molecule has 0 aromatic rings. The summed E-state index contributed by atoms with van der Waals surface area (Å²) in [5.41, 5.74) is -0.961. The first-order valence-electron chi connectivity index (χ1n) is 7.73. The molecule has 0 aliphatic heterocycles. The topological polar surface area (TPSA) is 27.3 Å². The summed E-state index contributed by atoms with van der Waals surface area (Å²) in [4.78, 5) is 2.12. The Bertz CT molecular complexity index is 363. The van der Waals surface area contributed by atoms with E-state index in [1.165, 1.54) is 0 Å². The summed E-state index contributed by atoms with van der Waals surface area (Å²) in [6.45, 7) is 4.68.